The topological polar surface area (TPSA) is 72.0 Å². The normalized spacial score (nSPS) is 11.9. The molecule has 1 N–H and O–H groups in total. The van der Waals surface area contributed by atoms with Crippen LogP contribution in [0.15, 0.2) is 4.47 Å². The lowest BCUT2D eigenvalue weighted by Gasteiger charge is -2.13. The van der Waals surface area contributed by atoms with Gasteiger partial charge in [-0.25, -0.2) is 18.4 Å². The molecule has 0 amide bonds. The number of aromatic nitrogens is 2. The molecule has 0 aromatic carbocycles. The highest BCUT2D eigenvalue weighted by molar-refractivity contribution is 9.10. The predicted octanol–water partition coefficient (Wildman–Crippen LogP) is 2.80. The molecule has 114 valence electrons. The van der Waals surface area contributed by atoms with Crippen LogP contribution in [-0.2, 0) is 22.0 Å². The van der Waals surface area contributed by atoms with Crippen molar-refractivity contribution in [3.8, 4) is 0 Å². The highest BCUT2D eigenvalue weighted by atomic mass is 79.9. The van der Waals surface area contributed by atoms with Gasteiger partial charge in [-0.1, -0.05) is 20.8 Å². The van der Waals surface area contributed by atoms with E-state index >= 15 is 0 Å². The lowest BCUT2D eigenvalue weighted by atomic mass is 10.1. The van der Waals surface area contributed by atoms with Crippen molar-refractivity contribution >= 4 is 31.6 Å². The van der Waals surface area contributed by atoms with E-state index in [0.29, 0.717) is 17.6 Å². The molecular weight excluding hydrogens is 342 g/mol. The average molecular weight is 364 g/mol. The number of sulfone groups is 1. The van der Waals surface area contributed by atoms with Crippen LogP contribution in [0, 0.1) is 5.92 Å². The third-order valence-corrected chi connectivity index (χ3v) is 4.12. The number of nitrogens with zero attached hydrogens (tertiary/aromatic N) is 2. The molecule has 0 saturated heterocycles. The van der Waals surface area contributed by atoms with Crippen LogP contribution in [0.1, 0.15) is 38.7 Å². The molecule has 1 aromatic rings. The van der Waals surface area contributed by atoms with Crippen LogP contribution in [0.2, 0.25) is 0 Å². The maximum absolute atomic E-state index is 11.4. The zero-order chi connectivity index (χ0) is 15.3. The third-order valence-electron chi connectivity index (χ3n) is 2.50. The van der Waals surface area contributed by atoms with Gasteiger partial charge in [0.2, 0.25) is 0 Å². The summed E-state index contributed by atoms with van der Waals surface area (Å²) in [7, 11) is -3.14. The molecule has 0 unspecified atom stereocenters. The predicted molar refractivity (Wildman–Crippen MR) is 85.6 cm³/mol. The summed E-state index contributed by atoms with van der Waals surface area (Å²) < 4.78 is 23.7. The van der Waals surface area contributed by atoms with Crippen molar-refractivity contribution in [3.63, 3.8) is 0 Å². The Hall–Kier alpha value is -0.690. The lowest BCUT2D eigenvalue weighted by Crippen LogP contribution is -2.13. The van der Waals surface area contributed by atoms with E-state index in [-0.39, 0.29) is 5.75 Å². The Bertz CT molecular complexity index is 559. The second-order valence-corrected chi connectivity index (χ2v) is 8.28. The van der Waals surface area contributed by atoms with Crippen molar-refractivity contribution in [1.29, 1.82) is 0 Å². The smallest absolute Gasteiger partial charge is 0.154 e. The van der Waals surface area contributed by atoms with E-state index in [1.165, 1.54) is 6.26 Å². The van der Waals surface area contributed by atoms with Crippen molar-refractivity contribution in [2.45, 2.75) is 39.4 Å². The number of rotatable bonds is 7. The van der Waals surface area contributed by atoms with Gasteiger partial charge in [-0.05, 0) is 34.7 Å². The fourth-order valence-electron chi connectivity index (χ4n) is 1.73. The van der Waals surface area contributed by atoms with Gasteiger partial charge in [0.05, 0.1) is 10.2 Å². The lowest BCUT2D eigenvalue weighted by molar-refractivity contribution is 0.598. The molecule has 0 aliphatic heterocycles. The molecule has 5 nitrogen and oxygen atoms in total. The van der Waals surface area contributed by atoms with Crippen molar-refractivity contribution in [3.05, 3.63) is 16.0 Å². The van der Waals surface area contributed by atoms with Gasteiger partial charge in [-0.15, -0.1) is 0 Å². The van der Waals surface area contributed by atoms with Crippen LogP contribution in [0.4, 0.5) is 5.82 Å². The van der Waals surface area contributed by atoms with Crippen LogP contribution >= 0.6 is 15.9 Å². The summed E-state index contributed by atoms with van der Waals surface area (Å²) in [6, 6.07) is 0. The molecular formula is C13H22BrN3O2S. The van der Waals surface area contributed by atoms with Crippen LogP contribution in [0.5, 0.6) is 0 Å². The standard InChI is InChI=1S/C13H22BrN3O2S/c1-5-6-15-13-12(14)10(7-9(2)3)16-11(17-13)8-20(4,18)19/h9H,5-8H2,1-4H3,(H,15,16,17). The van der Waals surface area contributed by atoms with Crippen molar-refractivity contribution in [2.75, 3.05) is 18.1 Å². The van der Waals surface area contributed by atoms with Crippen molar-refractivity contribution in [2.24, 2.45) is 5.92 Å². The fourth-order valence-corrected chi connectivity index (χ4v) is 2.80. The highest BCUT2D eigenvalue weighted by Crippen LogP contribution is 2.26. The minimum Gasteiger partial charge on any atom is -0.369 e. The zero-order valence-corrected chi connectivity index (χ0v) is 14.8. The highest BCUT2D eigenvalue weighted by Gasteiger charge is 2.16. The number of hydrogen-bond acceptors (Lipinski definition) is 5. The summed E-state index contributed by atoms with van der Waals surface area (Å²) in [5.41, 5.74) is 0.854. The van der Waals surface area contributed by atoms with Crippen LogP contribution < -0.4 is 5.32 Å². The van der Waals surface area contributed by atoms with Gasteiger partial charge in [-0.2, -0.15) is 0 Å². The molecule has 20 heavy (non-hydrogen) atoms. The second kappa shape index (κ2) is 7.36. The van der Waals surface area contributed by atoms with Gasteiger partial charge in [0, 0.05) is 12.8 Å². The number of anilines is 1. The first-order valence-corrected chi connectivity index (χ1v) is 9.55. The van der Waals surface area contributed by atoms with Crippen LogP contribution in [-0.4, -0.2) is 31.2 Å². The maximum Gasteiger partial charge on any atom is 0.154 e. The first-order valence-electron chi connectivity index (χ1n) is 6.69. The molecule has 7 heteroatoms. The Morgan fingerprint density at radius 1 is 1.30 bits per heavy atom. The van der Waals surface area contributed by atoms with Crippen molar-refractivity contribution in [1.82, 2.24) is 9.97 Å². The molecule has 0 fully saturated rings. The van der Waals surface area contributed by atoms with E-state index < -0.39 is 9.84 Å². The molecule has 0 aliphatic carbocycles. The third kappa shape index (κ3) is 5.75. The molecule has 1 aromatic heterocycles. The van der Waals surface area contributed by atoms with E-state index in [4.69, 9.17) is 0 Å². The van der Waals surface area contributed by atoms with Crippen LogP contribution in [0.3, 0.4) is 0 Å². The summed E-state index contributed by atoms with van der Waals surface area (Å²) in [4.78, 5) is 8.70. The monoisotopic (exact) mass is 363 g/mol. The van der Waals surface area contributed by atoms with Gasteiger partial charge in [-0.3, -0.25) is 0 Å². The quantitative estimate of drug-likeness (QED) is 0.806. The largest absolute Gasteiger partial charge is 0.369 e. The van der Waals surface area contributed by atoms with Crippen LogP contribution in [0.25, 0.3) is 0 Å². The van der Waals surface area contributed by atoms with E-state index in [1.807, 2.05) is 0 Å². The summed E-state index contributed by atoms with van der Waals surface area (Å²) in [5, 5.41) is 3.21. The summed E-state index contributed by atoms with van der Waals surface area (Å²) in [6.45, 7) is 7.05. The number of hydrogen-bond donors (Lipinski definition) is 1. The van der Waals surface area contributed by atoms with E-state index in [1.54, 1.807) is 0 Å². The Morgan fingerprint density at radius 3 is 2.45 bits per heavy atom. The second-order valence-electron chi connectivity index (χ2n) is 5.34. The molecule has 0 aliphatic rings. The molecule has 0 spiro atoms. The Labute approximate surface area is 129 Å². The first-order chi connectivity index (χ1) is 9.23. The minimum absolute atomic E-state index is 0.133. The molecule has 0 saturated carbocycles. The Balaban J connectivity index is 3.18. The molecule has 0 radical (unpaired) electrons. The van der Waals surface area contributed by atoms with Gasteiger partial charge < -0.3 is 5.32 Å². The van der Waals surface area contributed by atoms with E-state index in [9.17, 15) is 8.42 Å². The minimum atomic E-state index is -3.14. The molecule has 1 heterocycles. The molecule has 0 atom stereocenters. The van der Waals surface area contributed by atoms with Gasteiger partial charge in [0.25, 0.3) is 0 Å². The maximum atomic E-state index is 11.4. The van der Waals surface area contributed by atoms with E-state index in [0.717, 1.165) is 29.6 Å². The van der Waals surface area contributed by atoms with Crippen molar-refractivity contribution < 1.29 is 8.42 Å². The average Bonchev–Trinajstić information content (AvgIpc) is 2.28. The Kier molecular flexibility index (Phi) is 6.39. The molecule has 0 bridgehead atoms. The van der Waals surface area contributed by atoms with Gasteiger partial charge in [0.15, 0.2) is 9.84 Å². The summed E-state index contributed by atoms with van der Waals surface area (Å²) in [6.07, 6.45) is 2.94. The fraction of sp³-hybridized carbons (Fsp3) is 0.692. The Morgan fingerprint density at radius 2 is 1.95 bits per heavy atom. The first kappa shape index (κ1) is 17.4. The van der Waals surface area contributed by atoms with E-state index in [2.05, 4.69) is 52.0 Å². The molecule has 1 rings (SSSR count). The zero-order valence-electron chi connectivity index (χ0n) is 12.4. The SMILES string of the molecule is CCCNc1nc(CS(C)(=O)=O)nc(CC(C)C)c1Br. The summed E-state index contributed by atoms with van der Waals surface area (Å²) >= 11 is 3.52. The number of halogens is 1. The van der Waals surface area contributed by atoms with Gasteiger partial charge in [0.1, 0.15) is 17.4 Å². The number of nitrogens with one attached hydrogen (secondary N) is 1. The van der Waals surface area contributed by atoms with Gasteiger partial charge >= 0.3 is 0 Å². The summed E-state index contributed by atoms with van der Waals surface area (Å²) in [5.74, 6) is 1.33.